The third-order valence-electron chi connectivity index (χ3n) is 2.43. The number of nitrogens with zero attached hydrogens (tertiary/aromatic N) is 6. The van der Waals surface area contributed by atoms with Gasteiger partial charge in [0.25, 0.3) is 0 Å². The van der Waals surface area contributed by atoms with Crippen LogP contribution in [-0.4, -0.2) is 43.7 Å². The highest BCUT2D eigenvalue weighted by atomic mass is 15.5. The maximum absolute atomic E-state index is 4.25. The molecular weight excluding hydrogens is 194 g/mol. The lowest BCUT2D eigenvalue weighted by Crippen LogP contribution is -2.38. The van der Waals surface area contributed by atoms with Gasteiger partial charge in [0, 0.05) is 19.3 Å². The van der Waals surface area contributed by atoms with Crippen LogP contribution in [0.5, 0.6) is 0 Å². The first-order valence-corrected chi connectivity index (χ1v) is 4.74. The second-order valence-corrected chi connectivity index (χ2v) is 3.34. The molecule has 0 bridgehead atoms. The lowest BCUT2D eigenvalue weighted by atomic mass is 10.2. The van der Waals surface area contributed by atoms with Crippen molar-refractivity contribution in [2.24, 2.45) is 0 Å². The Hall–Kier alpha value is -2.05. The molecule has 7 heteroatoms. The second-order valence-electron chi connectivity index (χ2n) is 3.34. The third-order valence-corrected chi connectivity index (χ3v) is 2.43. The molecule has 2 aromatic rings. The Morgan fingerprint density at radius 1 is 1.33 bits per heavy atom. The monoisotopic (exact) mass is 203 g/mol. The molecule has 0 atom stereocenters. The maximum atomic E-state index is 4.25. The molecule has 0 radical (unpaired) electrons. The van der Waals surface area contributed by atoms with E-state index in [1.165, 1.54) is 12.7 Å². The lowest BCUT2D eigenvalue weighted by Gasteiger charge is -2.32. The van der Waals surface area contributed by atoms with Gasteiger partial charge in [-0.3, -0.25) is 0 Å². The zero-order valence-electron chi connectivity index (χ0n) is 7.96. The number of rotatable bonds is 2. The molecule has 0 aliphatic carbocycles. The van der Waals surface area contributed by atoms with Crippen LogP contribution in [0, 0.1) is 0 Å². The summed E-state index contributed by atoms with van der Waals surface area (Å²) in [6.07, 6.45) is 4.46. The van der Waals surface area contributed by atoms with Gasteiger partial charge in [0.15, 0.2) is 0 Å². The molecule has 3 rings (SSSR count). The molecule has 1 fully saturated rings. The minimum Gasteiger partial charge on any atom is -0.356 e. The van der Waals surface area contributed by atoms with Gasteiger partial charge < -0.3 is 4.90 Å². The van der Waals surface area contributed by atoms with Crippen LogP contribution in [-0.2, 0) is 0 Å². The van der Waals surface area contributed by atoms with Crippen LogP contribution >= 0.6 is 0 Å². The third kappa shape index (κ3) is 1.32. The Bertz CT molecular complexity index is 448. The van der Waals surface area contributed by atoms with Crippen molar-refractivity contribution >= 4 is 5.82 Å². The highest BCUT2D eigenvalue weighted by molar-refractivity contribution is 5.69. The van der Waals surface area contributed by atoms with E-state index in [0.717, 1.165) is 24.5 Å². The number of tetrazole rings is 1. The molecule has 3 heterocycles. The number of aromatic amines is 1. The van der Waals surface area contributed by atoms with Crippen LogP contribution < -0.4 is 4.90 Å². The van der Waals surface area contributed by atoms with E-state index in [4.69, 9.17) is 0 Å². The summed E-state index contributed by atoms with van der Waals surface area (Å²) in [7, 11) is 0. The van der Waals surface area contributed by atoms with Crippen molar-refractivity contribution in [1.29, 1.82) is 0 Å². The van der Waals surface area contributed by atoms with Crippen molar-refractivity contribution in [3.05, 3.63) is 12.5 Å². The first-order valence-electron chi connectivity index (χ1n) is 4.74. The predicted octanol–water partition coefficient (Wildman–Crippen LogP) is -0.133. The van der Waals surface area contributed by atoms with Gasteiger partial charge in [-0.1, -0.05) is 0 Å². The zero-order valence-corrected chi connectivity index (χ0v) is 7.96. The molecule has 1 saturated heterocycles. The number of anilines is 1. The fourth-order valence-electron chi connectivity index (χ4n) is 1.54. The van der Waals surface area contributed by atoms with Crippen LogP contribution in [0.4, 0.5) is 5.82 Å². The molecule has 0 aromatic carbocycles. The Kier molecular flexibility index (Phi) is 1.80. The van der Waals surface area contributed by atoms with E-state index < -0.39 is 0 Å². The van der Waals surface area contributed by atoms with Gasteiger partial charge in [-0.25, -0.2) is 9.97 Å². The first kappa shape index (κ1) is 8.27. The van der Waals surface area contributed by atoms with E-state index in [2.05, 4.69) is 35.5 Å². The standard InChI is InChI=1S/C8H9N7/c1-2-15(3-1)8-6(4-9-5-10-8)7-11-13-14-12-7/h4-5H,1-3H2,(H,11,12,13,14). The summed E-state index contributed by atoms with van der Waals surface area (Å²) in [5, 5.41) is 13.8. The van der Waals surface area contributed by atoms with E-state index in [0.29, 0.717) is 5.82 Å². The van der Waals surface area contributed by atoms with Crippen molar-refractivity contribution < 1.29 is 0 Å². The molecular formula is C8H9N7. The van der Waals surface area contributed by atoms with Crippen molar-refractivity contribution in [1.82, 2.24) is 30.6 Å². The molecule has 1 N–H and O–H groups in total. The number of aromatic nitrogens is 6. The minimum atomic E-state index is 0.539. The summed E-state index contributed by atoms with van der Waals surface area (Å²) in [5.41, 5.74) is 0.825. The summed E-state index contributed by atoms with van der Waals surface area (Å²) in [4.78, 5) is 10.4. The van der Waals surface area contributed by atoms with E-state index >= 15 is 0 Å². The van der Waals surface area contributed by atoms with Crippen molar-refractivity contribution in [3.63, 3.8) is 0 Å². The molecule has 2 aromatic heterocycles. The highest BCUT2D eigenvalue weighted by Crippen LogP contribution is 2.27. The number of hydrogen-bond donors (Lipinski definition) is 1. The van der Waals surface area contributed by atoms with Gasteiger partial charge in [0.05, 0.1) is 5.56 Å². The van der Waals surface area contributed by atoms with Crippen LogP contribution in [0.2, 0.25) is 0 Å². The topological polar surface area (TPSA) is 83.5 Å². The average molecular weight is 203 g/mol. The minimum absolute atomic E-state index is 0.539. The van der Waals surface area contributed by atoms with Gasteiger partial charge in [0.2, 0.25) is 5.82 Å². The van der Waals surface area contributed by atoms with Crippen LogP contribution in [0.3, 0.4) is 0 Å². The van der Waals surface area contributed by atoms with Gasteiger partial charge in [-0.2, -0.15) is 5.21 Å². The molecule has 7 nitrogen and oxygen atoms in total. The number of H-pyrrole nitrogens is 1. The van der Waals surface area contributed by atoms with E-state index in [9.17, 15) is 0 Å². The summed E-state index contributed by atoms with van der Waals surface area (Å²) >= 11 is 0. The molecule has 0 unspecified atom stereocenters. The fraction of sp³-hybridized carbons (Fsp3) is 0.375. The molecule has 15 heavy (non-hydrogen) atoms. The molecule has 0 spiro atoms. The van der Waals surface area contributed by atoms with Gasteiger partial charge in [-0.15, -0.1) is 10.2 Å². The predicted molar refractivity (Wildman–Crippen MR) is 52.0 cm³/mol. The van der Waals surface area contributed by atoms with E-state index in [1.807, 2.05) is 0 Å². The van der Waals surface area contributed by atoms with Gasteiger partial charge >= 0.3 is 0 Å². The van der Waals surface area contributed by atoms with E-state index in [1.54, 1.807) is 6.20 Å². The summed E-state index contributed by atoms with van der Waals surface area (Å²) in [5.74, 6) is 1.43. The summed E-state index contributed by atoms with van der Waals surface area (Å²) in [6.45, 7) is 2.06. The summed E-state index contributed by atoms with van der Waals surface area (Å²) in [6, 6.07) is 0. The molecule has 1 aliphatic rings. The Morgan fingerprint density at radius 2 is 2.27 bits per heavy atom. The van der Waals surface area contributed by atoms with Gasteiger partial charge in [0.1, 0.15) is 12.1 Å². The van der Waals surface area contributed by atoms with Crippen molar-refractivity contribution in [3.8, 4) is 11.4 Å². The van der Waals surface area contributed by atoms with Crippen molar-refractivity contribution in [2.45, 2.75) is 6.42 Å². The second kappa shape index (κ2) is 3.26. The Labute approximate surface area is 85.6 Å². The summed E-state index contributed by atoms with van der Waals surface area (Å²) < 4.78 is 0. The lowest BCUT2D eigenvalue weighted by molar-refractivity contribution is 0.609. The Morgan fingerprint density at radius 3 is 2.93 bits per heavy atom. The van der Waals surface area contributed by atoms with Crippen LogP contribution in [0.15, 0.2) is 12.5 Å². The van der Waals surface area contributed by atoms with Crippen LogP contribution in [0.25, 0.3) is 11.4 Å². The smallest absolute Gasteiger partial charge is 0.209 e. The van der Waals surface area contributed by atoms with Crippen molar-refractivity contribution in [2.75, 3.05) is 18.0 Å². The normalized spacial score (nSPS) is 15.1. The first-order chi connectivity index (χ1) is 7.45. The SMILES string of the molecule is c1ncc(-c2nn[nH]n2)c(N2CCC2)n1. The van der Waals surface area contributed by atoms with Crippen LogP contribution in [0.1, 0.15) is 6.42 Å². The molecule has 0 saturated carbocycles. The van der Waals surface area contributed by atoms with Gasteiger partial charge in [-0.05, 0) is 11.6 Å². The highest BCUT2D eigenvalue weighted by Gasteiger charge is 2.21. The largest absolute Gasteiger partial charge is 0.356 e. The molecule has 76 valence electrons. The molecule has 0 amide bonds. The molecule has 1 aliphatic heterocycles. The maximum Gasteiger partial charge on any atom is 0.209 e. The van der Waals surface area contributed by atoms with E-state index in [-0.39, 0.29) is 0 Å². The quantitative estimate of drug-likeness (QED) is 0.731. The zero-order chi connectivity index (χ0) is 10.1. The Balaban J connectivity index is 2.06. The number of nitrogens with one attached hydrogen (secondary N) is 1. The number of hydrogen-bond acceptors (Lipinski definition) is 6. The fourth-order valence-corrected chi connectivity index (χ4v) is 1.54. The average Bonchev–Trinajstić information content (AvgIpc) is 2.69.